The van der Waals surface area contributed by atoms with Gasteiger partial charge < -0.3 is 20.6 Å². The average Bonchev–Trinajstić information content (AvgIpc) is 2.55. The first-order valence-electron chi connectivity index (χ1n) is 9.05. The highest BCUT2D eigenvalue weighted by atomic mass is 16.3. The number of piperidine rings is 1. The smallest absolute Gasteiger partial charge is 0.315 e. The number of carbonyl (C=O) groups excluding carboxylic acids is 1. The van der Waals surface area contributed by atoms with Gasteiger partial charge in [-0.1, -0.05) is 13.3 Å². The van der Waals surface area contributed by atoms with Crippen LogP contribution in [0.4, 0.5) is 4.79 Å². The number of carbonyl (C=O) groups is 1. The van der Waals surface area contributed by atoms with Gasteiger partial charge in [0, 0.05) is 25.7 Å². The third-order valence-corrected chi connectivity index (χ3v) is 5.07. The van der Waals surface area contributed by atoms with E-state index in [9.17, 15) is 4.79 Å². The maximum absolute atomic E-state index is 12.0. The van der Waals surface area contributed by atoms with E-state index in [0.717, 1.165) is 38.8 Å². The van der Waals surface area contributed by atoms with E-state index in [1.54, 1.807) is 0 Å². The summed E-state index contributed by atoms with van der Waals surface area (Å²) in [4.78, 5) is 14.5. The average molecular weight is 311 g/mol. The van der Waals surface area contributed by atoms with Gasteiger partial charge in [-0.15, -0.1) is 0 Å². The number of nitrogens with one attached hydrogen (secondary N) is 2. The van der Waals surface area contributed by atoms with E-state index in [4.69, 9.17) is 5.11 Å². The zero-order valence-corrected chi connectivity index (χ0v) is 14.0. The van der Waals surface area contributed by atoms with E-state index >= 15 is 0 Å². The molecule has 5 heteroatoms. The van der Waals surface area contributed by atoms with Crippen LogP contribution in [-0.4, -0.2) is 54.9 Å². The molecule has 1 atom stereocenters. The van der Waals surface area contributed by atoms with E-state index in [2.05, 4.69) is 22.5 Å². The van der Waals surface area contributed by atoms with Gasteiger partial charge in [-0.2, -0.15) is 0 Å². The number of nitrogens with zero attached hydrogens (tertiary/aromatic N) is 1. The summed E-state index contributed by atoms with van der Waals surface area (Å²) >= 11 is 0. The number of hydrogen-bond acceptors (Lipinski definition) is 3. The molecule has 0 aromatic heterocycles. The van der Waals surface area contributed by atoms with Crippen LogP contribution in [0.2, 0.25) is 0 Å². The van der Waals surface area contributed by atoms with Crippen LogP contribution in [0.5, 0.6) is 0 Å². The van der Waals surface area contributed by atoms with Crippen molar-refractivity contribution in [2.24, 2.45) is 11.8 Å². The summed E-state index contributed by atoms with van der Waals surface area (Å²) in [5.74, 6) is 0.930. The van der Waals surface area contributed by atoms with Gasteiger partial charge in [0.15, 0.2) is 0 Å². The monoisotopic (exact) mass is 311 g/mol. The highest BCUT2D eigenvalue weighted by Gasteiger charge is 2.22. The molecule has 2 rings (SSSR count). The number of likely N-dealkylation sites (tertiary alicyclic amines) is 1. The molecule has 2 aliphatic rings. The van der Waals surface area contributed by atoms with E-state index in [-0.39, 0.29) is 18.7 Å². The summed E-state index contributed by atoms with van der Waals surface area (Å²) in [6, 6.07) is 0.248. The van der Waals surface area contributed by atoms with Gasteiger partial charge in [0.1, 0.15) is 0 Å². The Morgan fingerprint density at radius 2 is 1.86 bits per heavy atom. The van der Waals surface area contributed by atoms with Gasteiger partial charge in [0.05, 0.1) is 0 Å². The predicted molar refractivity (Wildman–Crippen MR) is 88.8 cm³/mol. The maximum Gasteiger partial charge on any atom is 0.315 e. The van der Waals surface area contributed by atoms with Crippen LogP contribution in [0.3, 0.4) is 0 Å². The second kappa shape index (κ2) is 9.36. The molecule has 1 heterocycles. The van der Waals surface area contributed by atoms with Gasteiger partial charge in [-0.05, 0) is 63.5 Å². The normalized spacial score (nSPS) is 28.1. The summed E-state index contributed by atoms with van der Waals surface area (Å²) < 4.78 is 0. The van der Waals surface area contributed by atoms with Gasteiger partial charge in [0.2, 0.25) is 0 Å². The van der Waals surface area contributed by atoms with Crippen LogP contribution < -0.4 is 10.6 Å². The van der Waals surface area contributed by atoms with Crippen LogP contribution in [0.15, 0.2) is 0 Å². The molecule has 0 aromatic carbocycles. The molecule has 0 radical (unpaired) electrons. The van der Waals surface area contributed by atoms with Crippen LogP contribution in [0, 0.1) is 11.8 Å². The molecule has 22 heavy (non-hydrogen) atoms. The van der Waals surface area contributed by atoms with Gasteiger partial charge >= 0.3 is 6.03 Å². The van der Waals surface area contributed by atoms with Gasteiger partial charge in [0.25, 0.3) is 0 Å². The lowest BCUT2D eigenvalue weighted by Gasteiger charge is -2.30. The van der Waals surface area contributed by atoms with Crippen molar-refractivity contribution >= 4 is 6.03 Å². The number of amides is 2. The molecule has 1 saturated heterocycles. The first kappa shape index (κ1) is 17.5. The fourth-order valence-corrected chi connectivity index (χ4v) is 3.64. The van der Waals surface area contributed by atoms with E-state index < -0.39 is 0 Å². The Bertz CT molecular complexity index is 324. The SMILES string of the molecule is CC(CNC(=O)NC1CCC(CO)CC1)CN1CCCCC1. The Morgan fingerprint density at radius 1 is 1.18 bits per heavy atom. The third kappa shape index (κ3) is 6.13. The first-order valence-corrected chi connectivity index (χ1v) is 9.05. The van der Waals surface area contributed by atoms with Crippen molar-refractivity contribution in [3.63, 3.8) is 0 Å². The summed E-state index contributed by atoms with van der Waals surface area (Å²) in [5.41, 5.74) is 0. The molecule has 2 fully saturated rings. The summed E-state index contributed by atoms with van der Waals surface area (Å²) in [6.07, 6.45) is 8.02. The second-order valence-corrected chi connectivity index (χ2v) is 7.22. The van der Waals surface area contributed by atoms with Crippen molar-refractivity contribution in [3.8, 4) is 0 Å². The molecule has 1 aliphatic carbocycles. The van der Waals surface area contributed by atoms with Crippen LogP contribution in [0.1, 0.15) is 51.9 Å². The molecular weight excluding hydrogens is 278 g/mol. The van der Waals surface area contributed by atoms with Crippen molar-refractivity contribution in [3.05, 3.63) is 0 Å². The summed E-state index contributed by atoms with van der Waals surface area (Å²) in [7, 11) is 0. The van der Waals surface area contributed by atoms with E-state index in [1.165, 1.54) is 32.4 Å². The molecule has 0 aromatic rings. The lowest BCUT2D eigenvalue weighted by molar-refractivity contribution is 0.173. The van der Waals surface area contributed by atoms with Crippen LogP contribution in [-0.2, 0) is 0 Å². The lowest BCUT2D eigenvalue weighted by atomic mass is 9.87. The largest absolute Gasteiger partial charge is 0.396 e. The maximum atomic E-state index is 12.0. The minimum atomic E-state index is -0.0297. The van der Waals surface area contributed by atoms with Crippen molar-refractivity contribution in [2.45, 2.75) is 57.9 Å². The Hall–Kier alpha value is -0.810. The van der Waals surface area contributed by atoms with E-state index in [1.807, 2.05) is 0 Å². The summed E-state index contributed by atoms with van der Waals surface area (Å²) in [6.45, 7) is 6.75. The summed E-state index contributed by atoms with van der Waals surface area (Å²) in [5, 5.41) is 15.2. The molecular formula is C17H33N3O2. The number of urea groups is 1. The minimum Gasteiger partial charge on any atom is -0.396 e. The molecule has 1 unspecified atom stereocenters. The number of rotatable bonds is 6. The zero-order chi connectivity index (χ0) is 15.8. The topological polar surface area (TPSA) is 64.6 Å². The third-order valence-electron chi connectivity index (χ3n) is 5.07. The standard InChI is InChI=1S/C17H33N3O2/c1-14(12-20-9-3-2-4-10-20)11-18-17(22)19-16-7-5-15(13-21)6-8-16/h14-16,21H,2-13H2,1H3,(H2,18,19,22). The Kier molecular flexibility index (Phi) is 7.46. The van der Waals surface area contributed by atoms with Crippen molar-refractivity contribution in [2.75, 3.05) is 32.8 Å². The zero-order valence-electron chi connectivity index (χ0n) is 14.0. The van der Waals surface area contributed by atoms with Crippen molar-refractivity contribution < 1.29 is 9.90 Å². The Morgan fingerprint density at radius 3 is 2.50 bits per heavy atom. The fraction of sp³-hybridized carbons (Fsp3) is 0.941. The first-order chi connectivity index (χ1) is 10.7. The van der Waals surface area contributed by atoms with E-state index in [0.29, 0.717) is 11.8 Å². The molecule has 0 spiro atoms. The minimum absolute atomic E-state index is 0.0297. The fourth-order valence-electron chi connectivity index (χ4n) is 3.64. The van der Waals surface area contributed by atoms with Gasteiger partial charge in [-0.25, -0.2) is 4.79 Å². The van der Waals surface area contributed by atoms with Gasteiger partial charge in [-0.3, -0.25) is 0 Å². The highest BCUT2D eigenvalue weighted by molar-refractivity contribution is 5.74. The Balaban J connectivity index is 1.57. The molecule has 2 amide bonds. The number of aliphatic hydroxyl groups is 1. The molecule has 1 aliphatic heterocycles. The molecule has 5 nitrogen and oxygen atoms in total. The molecule has 128 valence electrons. The molecule has 3 N–H and O–H groups in total. The second-order valence-electron chi connectivity index (χ2n) is 7.22. The Labute approximate surface area is 134 Å². The van der Waals surface area contributed by atoms with Crippen LogP contribution >= 0.6 is 0 Å². The molecule has 0 bridgehead atoms. The van der Waals surface area contributed by atoms with Crippen molar-refractivity contribution in [1.29, 1.82) is 0 Å². The van der Waals surface area contributed by atoms with Crippen LogP contribution in [0.25, 0.3) is 0 Å². The molecule has 1 saturated carbocycles. The number of aliphatic hydroxyl groups excluding tert-OH is 1. The quantitative estimate of drug-likeness (QED) is 0.702. The number of hydrogen-bond donors (Lipinski definition) is 3. The predicted octanol–water partition coefficient (Wildman–Crippen LogP) is 1.96. The van der Waals surface area contributed by atoms with Crippen molar-refractivity contribution in [1.82, 2.24) is 15.5 Å². The lowest BCUT2D eigenvalue weighted by Crippen LogP contribution is -2.46. The highest BCUT2D eigenvalue weighted by Crippen LogP contribution is 2.23.